The number of amides is 1. The third-order valence-electron chi connectivity index (χ3n) is 6.05. The van der Waals surface area contributed by atoms with Crippen LogP contribution in [0.4, 0.5) is 5.82 Å². The van der Waals surface area contributed by atoms with E-state index in [9.17, 15) is 9.59 Å². The van der Waals surface area contributed by atoms with Crippen LogP contribution in [-0.4, -0.2) is 50.3 Å². The Bertz CT molecular complexity index is 1140. The minimum atomic E-state index is -0.191. The van der Waals surface area contributed by atoms with Gasteiger partial charge in [-0.05, 0) is 50.8 Å². The molecule has 3 heterocycles. The predicted octanol–water partition coefficient (Wildman–Crippen LogP) is 4.38. The van der Waals surface area contributed by atoms with E-state index in [0.29, 0.717) is 52.4 Å². The highest BCUT2D eigenvalue weighted by atomic mass is 32.2. The van der Waals surface area contributed by atoms with E-state index in [1.807, 2.05) is 26.0 Å². The van der Waals surface area contributed by atoms with E-state index >= 15 is 0 Å². The Labute approximate surface area is 203 Å². The first-order valence-electron chi connectivity index (χ1n) is 11.6. The first kappa shape index (κ1) is 23.9. The number of ether oxygens (including phenoxy) is 1. The molecule has 2 aliphatic rings. The maximum Gasteiger partial charge on any atom is 0.267 e. The minimum absolute atomic E-state index is 0.168. The third kappa shape index (κ3) is 5.31. The summed E-state index contributed by atoms with van der Waals surface area (Å²) in [7, 11) is 0. The van der Waals surface area contributed by atoms with Crippen LogP contribution in [0, 0.1) is 6.92 Å². The van der Waals surface area contributed by atoms with E-state index in [4.69, 9.17) is 21.9 Å². The number of aromatic nitrogens is 2. The fourth-order valence-electron chi connectivity index (χ4n) is 4.29. The summed E-state index contributed by atoms with van der Waals surface area (Å²) >= 11 is 6.69. The topological polar surface area (TPSA) is 75.9 Å². The van der Waals surface area contributed by atoms with Gasteiger partial charge in [0.15, 0.2) is 0 Å². The average Bonchev–Trinajstić information content (AvgIpc) is 3.08. The number of fused-ring (bicyclic) bond motifs is 1. The summed E-state index contributed by atoms with van der Waals surface area (Å²) in [5.74, 6) is 0.377. The lowest BCUT2D eigenvalue weighted by Gasteiger charge is -2.24. The van der Waals surface area contributed by atoms with Crippen molar-refractivity contribution in [2.75, 3.05) is 25.1 Å². The van der Waals surface area contributed by atoms with Gasteiger partial charge in [0.1, 0.15) is 15.8 Å². The van der Waals surface area contributed by atoms with Crippen LogP contribution < -0.4 is 10.9 Å². The summed E-state index contributed by atoms with van der Waals surface area (Å²) < 4.78 is 7.44. The number of carbonyl (C=O) groups excluding carboxylic acids is 1. The Morgan fingerprint density at radius 3 is 2.85 bits per heavy atom. The molecule has 33 heavy (non-hydrogen) atoms. The number of thiocarbonyl (C=S) groups is 1. The number of aryl methyl sites for hydroxylation is 1. The highest BCUT2D eigenvalue weighted by Crippen LogP contribution is 2.33. The number of thioether (sulfide) groups is 1. The van der Waals surface area contributed by atoms with E-state index in [1.54, 1.807) is 21.6 Å². The molecule has 0 unspecified atom stereocenters. The number of hydrogen-bond donors (Lipinski definition) is 1. The van der Waals surface area contributed by atoms with Gasteiger partial charge in [-0.3, -0.25) is 18.9 Å². The normalized spacial score (nSPS) is 18.6. The Morgan fingerprint density at radius 2 is 2.09 bits per heavy atom. The molecule has 0 radical (unpaired) electrons. The van der Waals surface area contributed by atoms with Crippen molar-refractivity contribution in [3.63, 3.8) is 0 Å². The van der Waals surface area contributed by atoms with E-state index < -0.39 is 0 Å². The molecule has 1 aliphatic heterocycles. The molecule has 1 N–H and O–H groups in total. The molecule has 176 valence electrons. The summed E-state index contributed by atoms with van der Waals surface area (Å²) in [6, 6.07) is 4.05. The van der Waals surface area contributed by atoms with Gasteiger partial charge < -0.3 is 10.1 Å². The zero-order valence-corrected chi connectivity index (χ0v) is 20.8. The number of rotatable bonds is 8. The van der Waals surface area contributed by atoms with Crippen molar-refractivity contribution in [1.29, 1.82) is 0 Å². The summed E-state index contributed by atoms with van der Waals surface area (Å²) in [4.78, 5) is 33.4. The largest absolute Gasteiger partial charge is 0.382 e. The van der Waals surface area contributed by atoms with Gasteiger partial charge in [-0.1, -0.05) is 49.3 Å². The van der Waals surface area contributed by atoms with Crippen LogP contribution in [0.2, 0.25) is 0 Å². The molecule has 1 saturated carbocycles. The fourth-order valence-corrected chi connectivity index (χ4v) is 5.58. The number of hydrogen-bond acceptors (Lipinski definition) is 7. The second-order valence-corrected chi connectivity index (χ2v) is 10.1. The van der Waals surface area contributed by atoms with Crippen molar-refractivity contribution in [2.24, 2.45) is 0 Å². The van der Waals surface area contributed by atoms with Crippen molar-refractivity contribution in [2.45, 2.75) is 58.4 Å². The Kier molecular flexibility index (Phi) is 7.82. The van der Waals surface area contributed by atoms with Gasteiger partial charge in [-0.15, -0.1) is 0 Å². The maximum atomic E-state index is 13.5. The lowest BCUT2D eigenvalue weighted by Crippen LogP contribution is -2.30. The smallest absolute Gasteiger partial charge is 0.267 e. The molecule has 9 heteroatoms. The number of carbonyl (C=O) groups is 1. The maximum absolute atomic E-state index is 13.5. The molecule has 2 aromatic rings. The summed E-state index contributed by atoms with van der Waals surface area (Å²) in [6.45, 7) is 5.62. The zero-order valence-electron chi connectivity index (χ0n) is 19.1. The average molecular weight is 487 g/mol. The summed E-state index contributed by atoms with van der Waals surface area (Å²) in [5.41, 5.74) is 1.76. The Balaban J connectivity index is 1.69. The number of anilines is 1. The zero-order chi connectivity index (χ0) is 23.4. The Hall–Kier alpha value is -2.23. The van der Waals surface area contributed by atoms with Crippen LogP contribution in [0.15, 0.2) is 28.0 Å². The molecule has 2 aromatic heterocycles. The van der Waals surface area contributed by atoms with Crippen LogP contribution in [0.1, 0.15) is 56.6 Å². The first-order valence-corrected chi connectivity index (χ1v) is 12.8. The first-order chi connectivity index (χ1) is 16.0. The molecule has 1 amide bonds. The van der Waals surface area contributed by atoms with Crippen LogP contribution in [0.25, 0.3) is 11.7 Å². The van der Waals surface area contributed by atoms with Gasteiger partial charge in [-0.25, -0.2) is 4.98 Å². The van der Waals surface area contributed by atoms with Gasteiger partial charge in [0.2, 0.25) is 0 Å². The second kappa shape index (κ2) is 10.8. The van der Waals surface area contributed by atoms with E-state index in [1.165, 1.54) is 31.0 Å². The summed E-state index contributed by atoms with van der Waals surface area (Å²) in [6.07, 6.45) is 9.77. The standard InChI is InChI=1S/C24H30N4O3S2/c1-3-31-14-8-13-28-23(30)19(33-24(28)32)15-18-20(25-17-10-5-4-6-11-17)26-21-16(2)9-7-12-27(21)22(18)29/h7,9,12,15,17,25H,3-6,8,10-11,13-14H2,1-2H3. The van der Waals surface area contributed by atoms with E-state index in [2.05, 4.69) is 5.32 Å². The predicted molar refractivity (Wildman–Crippen MR) is 138 cm³/mol. The van der Waals surface area contributed by atoms with Gasteiger partial charge >= 0.3 is 0 Å². The molecule has 0 atom stereocenters. The van der Waals surface area contributed by atoms with Crippen molar-refractivity contribution in [1.82, 2.24) is 14.3 Å². The second-order valence-electron chi connectivity index (χ2n) is 8.43. The van der Waals surface area contributed by atoms with Crippen LogP contribution in [-0.2, 0) is 9.53 Å². The Morgan fingerprint density at radius 1 is 1.30 bits per heavy atom. The fraction of sp³-hybridized carbons (Fsp3) is 0.500. The minimum Gasteiger partial charge on any atom is -0.382 e. The quantitative estimate of drug-likeness (QED) is 0.337. The third-order valence-corrected chi connectivity index (χ3v) is 7.43. The molecule has 7 nitrogen and oxygen atoms in total. The van der Waals surface area contributed by atoms with Crippen molar-refractivity contribution in [3.05, 3.63) is 44.7 Å². The van der Waals surface area contributed by atoms with Crippen LogP contribution in [0.5, 0.6) is 0 Å². The van der Waals surface area contributed by atoms with E-state index in [-0.39, 0.29) is 17.5 Å². The van der Waals surface area contributed by atoms with Crippen molar-refractivity contribution in [3.8, 4) is 0 Å². The molecular weight excluding hydrogens is 456 g/mol. The molecule has 1 saturated heterocycles. The summed E-state index contributed by atoms with van der Waals surface area (Å²) in [5, 5.41) is 3.52. The van der Waals surface area contributed by atoms with Crippen LogP contribution >= 0.6 is 24.0 Å². The molecule has 2 fully saturated rings. The van der Waals surface area contributed by atoms with Gasteiger partial charge in [0.25, 0.3) is 11.5 Å². The number of nitrogens with zero attached hydrogens (tertiary/aromatic N) is 3. The molecule has 0 spiro atoms. The highest BCUT2D eigenvalue weighted by Gasteiger charge is 2.32. The van der Waals surface area contributed by atoms with Gasteiger partial charge in [0.05, 0.1) is 10.5 Å². The molecular formula is C24H30N4O3S2. The lowest BCUT2D eigenvalue weighted by atomic mass is 9.95. The number of pyridine rings is 1. The van der Waals surface area contributed by atoms with Gasteiger partial charge in [-0.2, -0.15) is 0 Å². The van der Waals surface area contributed by atoms with Gasteiger partial charge in [0, 0.05) is 32.0 Å². The number of nitrogens with one attached hydrogen (secondary N) is 1. The molecule has 4 rings (SSSR count). The van der Waals surface area contributed by atoms with Crippen molar-refractivity contribution >= 4 is 51.7 Å². The molecule has 1 aliphatic carbocycles. The van der Waals surface area contributed by atoms with E-state index in [0.717, 1.165) is 18.4 Å². The monoisotopic (exact) mass is 486 g/mol. The van der Waals surface area contributed by atoms with Crippen LogP contribution in [0.3, 0.4) is 0 Å². The molecule has 0 aromatic carbocycles. The highest BCUT2D eigenvalue weighted by molar-refractivity contribution is 8.26. The lowest BCUT2D eigenvalue weighted by molar-refractivity contribution is -0.122. The van der Waals surface area contributed by atoms with Crippen molar-refractivity contribution < 1.29 is 9.53 Å². The SMILES string of the molecule is CCOCCCN1C(=O)C(=Cc2c(NC3CCCCC3)nc3c(C)cccn3c2=O)SC1=S. The molecule has 0 bridgehead atoms.